The summed E-state index contributed by atoms with van der Waals surface area (Å²) in [6.07, 6.45) is -0.293. The lowest BCUT2D eigenvalue weighted by atomic mass is 10.0. The molecule has 1 N–H and O–H groups in total. The molecule has 0 aliphatic heterocycles. The van der Waals surface area contributed by atoms with E-state index in [0.717, 1.165) is 28.0 Å². The van der Waals surface area contributed by atoms with Crippen molar-refractivity contribution in [3.63, 3.8) is 0 Å². The summed E-state index contributed by atoms with van der Waals surface area (Å²) in [5, 5.41) is 10.4. The molecule has 2 aromatic carbocycles. The summed E-state index contributed by atoms with van der Waals surface area (Å²) < 4.78 is 15.1. The van der Waals surface area contributed by atoms with Gasteiger partial charge >= 0.3 is 0 Å². The van der Waals surface area contributed by atoms with Crippen LogP contribution in [0, 0.1) is 12.7 Å². The maximum absolute atomic E-state index is 13.1. The van der Waals surface area contributed by atoms with Gasteiger partial charge in [-0.05, 0) is 42.3 Å². The van der Waals surface area contributed by atoms with Crippen LogP contribution in [0.2, 0.25) is 0 Å². The van der Waals surface area contributed by atoms with Crippen molar-refractivity contribution in [3.05, 3.63) is 65.2 Å². The van der Waals surface area contributed by atoms with Gasteiger partial charge in [0.05, 0.1) is 17.1 Å². The molecule has 21 heavy (non-hydrogen) atoms. The Kier molecular flexibility index (Phi) is 3.47. The van der Waals surface area contributed by atoms with Gasteiger partial charge in [0.15, 0.2) is 0 Å². The van der Waals surface area contributed by atoms with Crippen molar-refractivity contribution in [2.24, 2.45) is 7.05 Å². The molecule has 108 valence electrons. The zero-order chi connectivity index (χ0) is 15.0. The average Bonchev–Trinajstić information content (AvgIpc) is 2.76. The van der Waals surface area contributed by atoms with Crippen molar-refractivity contribution < 1.29 is 9.50 Å². The summed E-state index contributed by atoms with van der Waals surface area (Å²) >= 11 is 0. The third kappa shape index (κ3) is 2.54. The predicted molar refractivity (Wildman–Crippen MR) is 80.5 cm³/mol. The number of aliphatic hydroxyl groups excluding tert-OH is 1. The molecule has 1 atom stereocenters. The van der Waals surface area contributed by atoms with Crippen molar-refractivity contribution in [2.45, 2.75) is 19.4 Å². The van der Waals surface area contributed by atoms with E-state index in [0.29, 0.717) is 6.42 Å². The highest BCUT2D eigenvalue weighted by Crippen LogP contribution is 2.23. The van der Waals surface area contributed by atoms with Crippen LogP contribution in [0.5, 0.6) is 0 Å². The fraction of sp³-hybridized carbons (Fsp3) is 0.235. The number of aryl methyl sites for hydroxylation is 2. The Morgan fingerprint density at radius 2 is 2.00 bits per heavy atom. The second kappa shape index (κ2) is 5.30. The first-order chi connectivity index (χ1) is 10.1. The molecular weight excluding hydrogens is 267 g/mol. The van der Waals surface area contributed by atoms with Crippen molar-refractivity contribution in [1.29, 1.82) is 0 Å². The lowest BCUT2D eigenvalue weighted by Gasteiger charge is -2.13. The number of rotatable bonds is 3. The summed E-state index contributed by atoms with van der Waals surface area (Å²) in [5.41, 5.74) is 3.44. The van der Waals surface area contributed by atoms with Crippen LogP contribution < -0.4 is 0 Å². The maximum atomic E-state index is 13.1. The summed E-state index contributed by atoms with van der Waals surface area (Å²) in [6.45, 7) is 1.80. The fourth-order valence-electron chi connectivity index (χ4n) is 2.67. The van der Waals surface area contributed by atoms with Crippen molar-refractivity contribution >= 4 is 11.0 Å². The van der Waals surface area contributed by atoms with Gasteiger partial charge in [0.25, 0.3) is 0 Å². The number of aromatic nitrogens is 2. The van der Waals surface area contributed by atoms with Gasteiger partial charge in [0, 0.05) is 13.5 Å². The lowest BCUT2D eigenvalue weighted by molar-refractivity contribution is 0.174. The summed E-state index contributed by atoms with van der Waals surface area (Å²) in [5.74, 6) is 0.526. The number of nitrogens with zero attached hydrogens (tertiary/aromatic N) is 2. The quantitative estimate of drug-likeness (QED) is 0.801. The molecular formula is C17H17FN2O. The molecule has 0 aliphatic rings. The largest absolute Gasteiger partial charge is 0.388 e. The number of imidazole rings is 1. The van der Waals surface area contributed by atoms with E-state index in [1.54, 1.807) is 13.0 Å². The molecule has 1 heterocycles. The summed E-state index contributed by atoms with van der Waals surface area (Å²) in [6, 6.07) is 12.3. The van der Waals surface area contributed by atoms with E-state index in [-0.39, 0.29) is 5.82 Å². The van der Waals surface area contributed by atoms with E-state index in [2.05, 4.69) is 4.98 Å². The molecule has 3 nitrogen and oxygen atoms in total. The van der Waals surface area contributed by atoms with E-state index in [1.807, 2.05) is 35.9 Å². The Hall–Kier alpha value is -2.20. The molecule has 0 fully saturated rings. The minimum absolute atomic E-state index is 0.286. The molecule has 0 radical (unpaired) electrons. The minimum atomic E-state index is -0.693. The van der Waals surface area contributed by atoms with Crippen LogP contribution in [-0.2, 0) is 13.5 Å². The van der Waals surface area contributed by atoms with Crippen LogP contribution in [0.25, 0.3) is 11.0 Å². The van der Waals surface area contributed by atoms with Crippen molar-refractivity contribution in [2.75, 3.05) is 0 Å². The topological polar surface area (TPSA) is 38.1 Å². The fourth-order valence-corrected chi connectivity index (χ4v) is 2.67. The summed E-state index contributed by atoms with van der Waals surface area (Å²) in [7, 11) is 1.94. The van der Waals surface area contributed by atoms with E-state index in [1.165, 1.54) is 12.1 Å². The lowest BCUT2D eigenvalue weighted by Crippen LogP contribution is -2.08. The van der Waals surface area contributed by atoms with Crippen LogP contribution >= 0.6 is 0 Å². The van der Waals surface area contributed by atoms with Crippen molar-refractivity contribution in [3.8, 4) is 0 Å². The Balaban J connectivity index is 1.92. The maximum Gasteiger partial charge on any atom is 0.123 e. The van der Waals surface area contributed by atoms with Gasteiger partial charge in [-0.3, -0.25) is 0 Å². The minimum Gasteiger partial charge on any atom is -0.388 e. The third-order valence-corrected chi connectivity index (χ3v) is 3.85. The first-order valence-electron chi connectivity index (χ1n) is 6.90. The predicted octanol–water partition coefficient (Wildman–Crippen LogP) is 3.30. The number of halogens is 1. The average molecular weight is 284 g/mol. The smallest absolute Gasteiger partial charge is 0.123 e. The Bertz CT molecular complexity index is 795. The van der Waals surface area contributed by atoms with Crippen LogP contribution in [0.3, 0.4) is 0 Å². The molecule has 4 heteroatoms. The van der Waals surface area contributed by atoms with Gasteiger partial charge in [0.2, 0.25) is 0 Å². The van der Waals surface area contributed by atoms with Crippen LogP contribution in [0.1, 0.15) is 23.1 Å². The zero-order valence-corrected chi connectivity index (χ0v) is 12.0. The molecule has 3 rings (SSSR count). The Morgan fingerprint density at radius 3 is 2.71 bits per heavy atom. The number of aliphatic hydroxyl groups is 1. The zero-order valence-electron chi connectivity index (χ0n) is 12.0. The van der Waals surface area contributed by atoms with Crippen LogP contribution in [-0.4, -0.2) is 14.7 Å². The van der Waals surface area contributed by atoms with Gasteiger partial charge in [-0.25, -0.2) is 9.37 Å². The second-order valence-electron chi connectivity index (χ2n) is 5.30. The second-order valence-corrected chi connectivity index (χ2v) is 5.30. The van der Waals surface area contributed by atoms with E-state index in [9.17, 15) is 9.50 Å². The molecule has 1 aromatic heterocycles. The van der Waals surface area contributed by atoms with Gasteiger partial charge < -0.3 is 9.67 Å². The molecule has 0 amide bonds. The van der Waals surface area contributed by atoms with E-state index < -0.39 is 6.10 Å². The molecule has 3 aromatic rings. The van der Waals surface area contributed by atoms with E-state index in [4.69, 9.17) is 0 Å². The summed E-state index contributed by atoms with van der Waals surface area (Å²) in [4.78, 5) is 4.55. The molecule has 0 aliphatic carbocycles. The van der Waals surface area contributed by atoms with E-state index >= 15 is 0 Å². The van der Waals surface area contributed by atoms with Gasteiger partial charge in [-0.1, -0.05) is 18.2 Å². The molecule has 0 saturated heterocycles. The molecule has 0 bridgehead atoms. The highest BCUT2D eigenvalue weighted by molar-refractivity contribution is 5.75. The SMILES string of the molecule is Cc1cc(F)ccc1C(O)Cc1nc2ccccc2n1C. The third-order valence-electron chi connectivity index (χ3n) is 3.85. The highest BCUT2D eigenvalue weighted by atomic mass is 19.1. The number of benzene rings is 2. The van der Waals surface area contributed by atoms with Gasteiger partial charge in [-0.15, -0.1) is 0 Å². The normalized spacial score (nSPS) is 12.8. The number of para-hydroxylation sites is 2. The molecule has 1 unspecified atom stereocenters. The Labute approximate surface area is 122 Å². The van der Waals surface area contributed by atoms with Crippen LogP contribution in [0.15, 0.2) is 42.5 Å². The Morgan fingerprint density at radius 1 is 1.24 bits per heavy atom. The van der Waals surface area contributed by atoms with Crippen LogP contribution in [0.4, 0.5) is 4.39 Å². The monoisotopic (exact) mass is 284 g/mol. The molecule has 0 saturated carbocycles. The van der Waals surface area contributed by atoms with Crippen molar-refractivity contribution in [1.82, 2.24) is 9.55 Å². The number of hydrogen-bond acceptors (Lipinski definition) is 2. The standard InChI is InChI=1S/C17H17FN2O/c1-11-9-12(18)7-8-13(11)16(21)10-17-19-14-5-3-4-6-15(14)20(17)2/h3-9,16,21H,10H2,1-2H3. The highest BCUT2D eigenvalue weighted by Gasteiger charge is 2.16. The first-order valence-corrected chi connectivity index (χ1v) is 6.90. The number of hydrogen-bond donors (Lipinski definition) is 1. The first kappa shape index (κ1) is 13.8. The van der Waals surface area contributed by atoms with Gasteiger partial charge in [-0.2, -0.15) is 0 Å². The number of fused-ring (bicyclic) bond motifs is 1. The molecule has 0 spiro atoms. The van der Waals surface area contributed by atoms with Gasteiger partial charge in [0.1, 0.15) is 11.6 Å².